The lowest BCUT2D eigenvalue weighted by molar-refractivity contribution is 0.0689. The molecule has 1 aromatic rings. The first-order valence-corrected chi connectivity index (χ1v) is 10.7. The molecule has 1 heterocycles. The summed E-state index contributed by atoms with van der Waals surface area (Å²) in [6.07, 6.45) is 3.16. The number of halogens is 1. The first kappa shape index (κ1) is 27.7. The zero-order valence-corrected chi connectivity index (χ0v) is 21.6. The minimum absolute atomic E-state index is 0. The molecule has 2 rings (SSSR count). The number of likely N-dealkylation sites (tertiary alicyclic amines) is 1. The van der Waals surface area contributed by atoms with Gasteiger partial charge in [0.25, 0.3) is 0 Å². The maximum Gasteiger partial charge on any atom is 0.191 e. The Kier molecular flexibility index (Phi) is 14.6. The summed E-state index contributed by atoms with van der Waals surface area (Å²) in [6.45, 7) is 5.87. The second-order valence-corrected chi connectivity index (χ2v) is 7.40. The third-order valence-corrected chi connectivity index (χ3v) is 5.09. The van der Waals surface area contributed by atoms with Crippen LogP contribution in [0.1, 0.15) is 24.8 Å². The molecule has 0 aromatic heterocycles. The Balaban J connectivity index is 0.00000480. The van der Waals surface area contributed by atoms with Crippen LogP contribution in [0.15, 0.2) is 23.2 Å². The molecule has 0 spiro atoms. The van der Waals surface area contributed by atoms with Gasteiger partial charge in [0.15, 0.2) is 5.96 Å². The van der Waals surface area contributed by atoms with Crippen LogP contribution in [-0.2, 0) is 16.0 Å². The van der Waals surface area contributed by atoms with E-state index >= 15 is 0 Å². The van der Waals surface area contributed by atoms with Gasteiger partial charge in [-0.05, 0) is 37.0 Å². The summed E-state index contributed by atoms with van der Waals surface area (Å²) in [5, 5.41) is 6.95. The molecule has 2 N–H and O–H groups in total. The molecule has 0 bridgehead atoms. The van der Waals surface area contributed by atoms with E-state index in [1.54, 1.807) is 21.3 Å². The van der Waals surface area contributed by atoms with Crippen molar-refractivity contribution < 1.29 is 18.9 Å². The molecule has 1 saturated heterocycles. The number of nitrogens with zero attached hydrogens (tertiary/aromatic N) is 2. The van der Waals surface area contributed by atoms with Crippen molar-refractivity contribution in [3.63, 3.8) is 0 Å². The van der Waals surface area contributed by atoms with Gasteiger partial charge in [0.1, 0.15) is 11.5 Å². The van der Waals surface area contributed by atoms with Crippen molar-refractivity contribution >= 4 is 29.9 Å². The highest BCUT2D eigenvalue weighted by Gasteiger charge is 2.23. The number of rotatable bonds is 13. The smallest absolute Gasteiger partial charge is 0.191 e. The van der Waals surface area contributed by atoms with Crippen LogP contribution in [0.3, 0.4) is 0 Å². The van der Waals surface area contributed by atoms with E-state index in [9.17, 15) is 0 Å². The number of aliphatic imine (C=N–C) groups is 1. The summed E-state index contributed by atoms with van der Waals surface area (Å²) < 4.78 is 21.2. The maximum atomic E-state index is 5.48. The summed E-state index contributed by atoms with van der Waals surface area (Å²) in [5.41, 5.74) is 1.20. The largest absolute Gasteiger partial charge is 0.497 e. The van der Waals surface area contributed by atoms with Crippen LogP contribution in [0.5, 0.6) is 11.5 Å². The maximum absolute atomic E-state index is 5.48. The van der Waals surface area contributed by atoms with Gasteiger partial charge < -0.3 is 29.6 Å². The first-order valence-electron chi connectivity index (χ1n) is 10.7. The summed E-state index contributed by atoms with van der Waals surface area (Å²) in [7, 11) is 6.87. The average Bonchev–Trinajstić information content (AvgIpc) is 3.20. The molecular weight excluding hydrogens is 511 g/mol. The Bertz CT molecular complexity index is 626. The highest BCUT2D eigenvalue weighted by molar-refractivity contribution is 14.0. The SMILES string of the molecule is CN=C(NCCCCOCCOC)NC1CCN(Cc2cc(OC)cc(OC)c2)C1.I. The summed E-state index contributed by atoms with van der Waals surface area (Å²) in [4.78, 5) is 6.80. The number of hydrogen-bond donors (Lipinski definition) is 2. The molecule has 0 saturated carbocycles. The second kappa shape index (κ2) is 16.3. The van der Waals surface area contributed by atoms with Gasteiger partial charge in [0, 0.05) is 59.1 Å². The molecule has 1 aliphatic heterocycles. The van der Waals surface area contributed by atoms with Crippen LogP contribution in [0.4, 0.5) is 0 Å². The summed E-state index contributed by atoms with van der Waals surface area (Å²) >= 11 is 0. The van der Waals surface area contributed by atoms with E-state index in [0.717, 1.165) is 69.5 Å². The van der Waals surface area contributed by atoms with E-state index in [1.807, 2.05) is 13.1 Å². The van der Waals surface area contributed by atoms with Crippen LogP contribution in [0, 0.1) is 0 Å². The predicted molar refractivity (Wildman–Crippen MR) is 135 cm³/mol. The van der Waals surface area contributed by atoms with Gasteiger partial charge in [-0.15, -0.1) is 24.0 Å². The quantitative estimate of drug-likeness (QED) is 0.169. The Labute approximate surface area is 204 Å². The zero-order valence-electron chi connectivity index (χ0n) is 19.3. The monoisotopic (exact) mass is 550 g/mol. The Morgan fingerprint density at radius 2 is 1.81 bits per heavy atom. The number of hydrogen-bond acceptors (Lipinski definition) is 6. The van der Waals surface area contributed by atoms with E-state index in [1.165, 1.54) is 5.56 Å². The Hall–Kier alpha value is -1.30. The average molecular weight is 550 g/mol. The van der Waals surface area contributed by atoms with E-state index in [-0.39, 0.29) is 24.0 Å². The van der Waals surface area contributed by atoms with E-state index in [4.69, 9.17) is 18.9 Å². The minimum Gasteiger partial charge on any atom is -0.497 e. The van der Waals surface area contributed by atoms with E-state index in [0.29, 0.717) is 19.3 Å². The number of unbranched alkanes of at least 4 members (excludes halogenated alkanes) is 1. The second-order valence-electron chi connectivity index (χ2n) is 7.40. The van der Waals surface area contributed by atoms with Gasteiger partial charge in [0.2, 0.25) is 0 Å². The lowest BCUT2D eigenvalue weighted by Crippen LogP contribution is -2.44. The van der Waals surface area contributed by atoms with Crippen molar-refractivity contribution in [3.05, 3.63) is 23.8 Å². The highest BCUT2D eigenvalue weighted by Crippen LogP contribution is 2.24. The topological polar surface area (TPSA) is 76.6 Å². The number of methoxy groups -OCH3 is 3. The Morgan fingerprint density at radius 1 is 1.06 bits per heavy atom. The van der Waals surface area contributed by atoms with Gasteiger partial charge in [0.05, 0.1) is 27.4 Å². The van der Waals surface area contributed by atoms with Crippen LogP contribution < -0.4 is 20.1 Å². The van der Waals surface area contributed by atoms with E-state index in [2.05, 4.69) is 32.7 Å². The van der Waals surface area contributed by atoms with Gasteiger partial charge in [-0.25, -0.2) is 0 Å². The molecule has 0 aliphatic carbocycles. The molecule has 9 heteroatoms. The number of guanidine groups is 1. The fourth-order valence-corrected chi connectivity index (χ4v) is 3.48. The molecular formula is C22H39IN4O4. The lowest BCUT2D eigenvalue weighted by atomic mass is 10.2. The molecule has 1 aromatic carbocycles. The van der Waals surface area contributed by atoms with Crippen molar-refractivity contribution in [2.45, 2.75) is 31.8 Å². The Morgan fingerprint density at radius 3 is 2.45 bits per heavy atom. The van der Waals surface area contributed by atoms with Crippen LogP contribution in [0.25, 0.3) is 0 Å². The molecule has 1 fully saturated rings. The molecule has 0 radical (unpaired) electrons. The van der Waals surface area contributed by atoms with Crippen molar-refractivity contribution in [1.29, 1.82) is 0 Å². The van der Waals surface area contributed by atoms with Crippen molar-refractivity contribution in [2.75, 3.05) is 67.8 Å². The molecule has 0 amide bonds. The molecule has 1 aliphatic rings. The molecule has 1 unspecified atom stereocenters. The zero-order chi connectivity index (χ0) is 21.6. The number of benzene rings is 1. The summed E-state index contributed by atoms with van der Waals surface area (Å²) in [5.74, 6) is 2.52. The van der Waals surface area contributed by atoms with Crippen LogP contribution >= 0.6 is 24.0 Å². The first-order chi connectivity index (χ1) is 14.7. The van der Waals surface area contributed by atoms with E-state index < -0.39 is 0 Å². The minimum atomic E-state index is 0. The van der Waals surface area contributed by atoms with Crippen molar-refractivity contribution in [1.82, 2.24) is 15.5 Å². The van der Waals surface area contributed by atoms with Crippen molar-refractivity contribution in [2.24, 2.45) is 4.99 Å². The molecule has 31 heavy (non-hydrogen) atoms. The summed E-state index contributed by atoms with van der Waals surface area (Å²) in [6, 6.07) is 6.44. The highest BCUT2D eigenvalue weighted by atomic mass is 127. The van der Waals surface area contributed by atoms with Crippen LogP contribution in [-0.4, -0.2) is 84.7 Å². The van der Waals surface area contributed by atoms with Crippen LogP contribution in [0.2, 0.25) is 0 Å². The third kappa shape index (κ3) is 10.7. The lowest BCUT2D eigenvalue weighted by Gasteiger charge is -2.19. The fourth-order valence-electron chi connectivity index (χ4n) is 3.48. The van der Waals surface area contributed by atoms with Gasteiger partial charge in [-0.2, -0.15) is 0 Å². The normalized spacial score (nSPS) is 16.6. The molecule has 178 valence electrons. The van der Waals surface area contributed by atoms with Gasteiger partial charge in [-0.3, -0.25) is 9.89 Å². The number of nitrogens with one attached hydrogen (secondary N) is 2. The van der Waals surface area contributed by atoms with Crippen molar-refractivity contribution in [3.8, 4) is 11.5 Å². The van der Waals surface area contributed by atoms with Gasteiger partial charge >= 0.3 is 0 Å². The number of ether oxygens (including phenoxy) is 4. The fraction of sp³-hybridized carbons (Fsp3) is 0.682. The van der Waals surface area contributed by atoms with Gasteiger partial charge in [-0.1, -0.05) is 0 Å². The standard InChI is InChI=1S/C22H38N4O4.HI/c1-23-22(24-8-5-6-10-30-12-11-27-2)25-19-7-9-26(17-19)16-18-13-20(28-3)15-21(14-18)29-4;/h13-15,19H,5-12,16-17H2,1-4H3,(H2,23,24,25);1H. The molecule has 8 nitrogen and oxygen atoms in total. The third-order valence-electron chi connectivity index (χ3n) is 5.09. The predicted octanol–water partition coefficient (Wildman–Crippen LogP) is 2.50. The molecule has 1 atom stereocenters.